The smallest absolute Gasteiger partial charge is 0.268 e. The van der Waals surface area contributed by atoms with Crippen LogP contribution in [0.3, 0.4) is 0 Å². The van der Waals surface area contributed by atoms with Crippen LogP contribution in [-0.2, 0) is 21.4 Å². The maximum atomic E-state index is 14.7. The third-order valence-electron chi connectivity index (χ3n) is 7.85. The van der Waals surface area contributed by atoms with Crippen LogP contribution in [0.2, 0.25) is 5.02 Å². The summed E-state index contributed by atoms with van der Waals surface area (Å²) in [4.78, 5) is 44.4. The lowest BCUT2D eigenvalue weighted by Gasteiger charge is -2.27. The molecule has 12 heteroatoms. The molecule has 2 aliphatic rings. The van der Waals surface area contributed by atoms with Crippen LogP contribution in [0.15, 0.2) is 60.7 Å². The lowest BCUT2D eigenvalue weighted by Crippen LogP contribution is -2.52. The number of hydrogen-bond donors (Lipinski definition) is 3. The molecule has 0 aliphatic carbocycles. The Morgan fingerprint density at radius 3 is 2.67 bits per heavy atom. The van der Waals surface area contributed by atoms with Crippen LogP contribution in [-0.4, -0.2) is 46.2 Å². The Bertz CT molecular complexity index is 1840. The zero-order chi connectivity index (χ0) is 29.8. The summed E-state index contributed by atoms with van der Waals surface area (Å²) >= 11 is 6.21. The van der Waals surface area contributed by atoms with Crippen LogP contribution in [0.5, 0.6) is 0 Å². The van der Waals surface area contributed by atoms with E-state index >= 15 is 0 Å². The summed E-state index contributed by atoms with van der Waals surface area (Å²) in [6.07, 6.45) is -0.293. The number of carbonyl (C=O) groups excluding carboxylic acids is 3. The molecular weight excluding hydrogens is 571 g/mol. The molecule has 2 aliphatic heterocycles. The van der Waals surface area contributed by atoms with Crippen LogP contribution < -0.4 is 10.6 Å². The fraction of sp³-hybridized carbons (Fsp3) is 0.200. The lowest BCUT2D eigenvalue weighted by atomic mass is 9.80. The van der Waals surface area contributed by atoms with Gasteiger partial charge in [0.05, 0.1) is 17.0 Å². The number of aromatic nitrogens is 1. The SMILES string of the molecule is N#C[C@@H]1C[C@@]2(CN1C(=O)[C@H](Cc1ccccc1F)NC(=O)c1cc3c(F)cc(F)cc3[nH]1)C(=O)Nc1ccc(Cl)cc12. The molecule has 42 heavy (non-hydrogen) atoms. The van der Waals surface area contributed by atoms with E-state index in [1.54, 1.807) is 24.3 Å². The molecular formula is C30H21ClF3N5O3. The minimum atomic E-state index is -1.38. The number of benzene rings is 3. The maximum Gasteiger partial charge on any atom is 0.268 e. The number of halogens is 4. The monoisotopic (exact) mass is 591 g/mol. The van der Waals surface area contributed by atoms with Crippen molar-refractivity contribution >= 4 is 45.9 Å². The summed E-state index contributed by atoms with van der Waals surface area (Å²) in [7, 11) is 0. The van der Waals surface area contributed by atoms with Crippen LogP contribution in [0, 0.1) is 28.8 Å². The number of fused-ring (bicyclic) bond motifs is 3. The van der Waals surface area contributed by atoms with E-state index in [0.717, 1.165) is 6.07 Å². The molecule has 0 unspecified atom stereocenters. The molecule has 4 aromatic rings. The normalized spacial score (nSPS) is 19.9. The minimum absolute atomic E-state index is 0.0123. The van der Waals surface area contributed by atoms with Crippen molar-refractivity contribution in [3.8, 4) is 6.07 Å². The molecule has 0 radical (unpaired) electrons. The van der Waals surface area contributed by atoms with Gasteiger partial charge in [0.1, 0.15) is 35.2 Å². The van der Waals surface area contributed by atoms with E-state index in [-0.39, 0.29) is 41.5 Å². The Morgan fingerprint density at radius 1 is 1.12 bits per heavy atom. The molecule has 1 aromatic heterocycles. The fourth-order valence-corrected chi connectivity index (χ4v) is 5.97. The molecule has 3 N–H and O–H groups in total. The highest BCUT2D eigenvalue weighted by Crippen LogP contribution is 2.47. The number of rotatable bonds is 5. The van der Waals surface area contributed by atoms with Crippen molar-refractivity contribution in [3.63, 3.8) is 0 Å². The molecule has 1 fully saturated rings. The van der Waals surface area contributed by atoms with E-state index in [1.165, 1.54) is 29.2 Å². The first-order valence-corrected chi connectivity index (χ1v) is 13.3. The van der Waals surface area contributed by atoms with E-state index < -0.39 is 52.7 Å². The number of anilines is 1. The molecule has 1 spiro atoms. The average Bonchev–Trinajstić information content (AvgIpc) is 3.64. The van der Waals surface area contributed by atoms with Crippen molar-refractivity contribution in [1.29, 1.82) is 5.26 Å². The Morgan fingerprint density at radius 2 is 1.90 bits per heavy atom. The largest absolute Gasteiger partial charge is 0.350 e. The van der Waals surface area contributed by atoms with Gasteiger partial charge in [-0.25, -0.2) is 13.2 Å². The number of hydrogen-bond acceptors (Lipinski definition) is 4. The number of nitrogens with zero attached hydrogens (tertiary/aromatic N) is 2. The number of carbonyl (C=O) groups is 3. The van der Waals surface area contributed by atoms with E-state index in [1.807, 2.05) is 0 Å². The average molecular weight is 592 g/mol. The van der Waals surface area contributed by atoms with Crippen molar-refractivity contribution in [2.45, 2.75) is 30.3 Å². The highest BCUT2D eigenvalue weighted by atomic mass is 35.5. The van der Waals surface area contributed by atoms with Crippen molar-refractivity contribution in [3.05, 3.63) is 100.0 Å². The third kappa shape index (κ3) is 4.54. The second-order valence-electron chi connectivity index (χ2n) is 10.4. The summed E-state index contributed by atoms with van der Waals surface area (Å²) in [5, 5.41) is 15.7. The predicted octanol–water partition coefficient (Wildman–Crippen LogP) is 4.59. The predicted molar refractivity (Wildman–Crippen MR) is 147 cm³/mol. The van der Waals surface area contributed by atoms with Gasteiger partial charge in [-0.05, 0) is 47.5 Å². The molecule has 3 aromatic carbocycles. The standard InChI is InChI=1S/C30H21ClF3N5O3/c31-16-5-6-23-20(8-16)30(29(42)38-23)12-18(13-35)39(14-30)28(41)26(7-15-3-1-2-4-21(15)33)37-27(40)25-11-19-22(34)9-17(32)10-24(19)36-25/h1-6,8-11,18,26,36H,7,12,14H2,(H,37,40)(H,38,42)/t18-,26-,30-/m0/s1. The van der Waals surface area contributed by atoms with E-state index in [4.69, 9.17) is 11.6 Å². The number of amides is 3. The Hall–Kier alpha value is -4.82. The molecule has 0 bridgehead atoms. The molecule has 3 atom stereocenters. The number of nitrogens with one attached hydrogen (secondary N) is 3. The fourth-order valence-electron chi connectivity index (χ4n) is 5.80. The minimum Gasteiger partial charge on any atom is -0.350 e. The van der Waals surface area contributed by atoms with Gasteiger partial charge in [0.2, 0.25) is 11.8 Å². The summed E-state index contributed by atoms with van der Waals surface area (Å²) < 4.78 is 42.7. The number of likely N-dealkylation sites (tertiary alicyclic amines) is 1. The second kappa shape index (κ2) is 10.2. The zero-order valence-electron chi connectivity index (χ0n) is 21.7. The van der Waals surface area contributed by atoms with Gasteiger partial charge >= 0.3 is 0 Å². The van der Waals surface area contributed by atoms with Gasteiger partial charge in [0, 0.05) is 41.5 Å². The van der Waals surface area contributed by atoms with Crippen LogP contribution >= 0.6 is 11.6 Å². The molecule has 3 amide bonds. The Balaban J connectivity index is 1.34. The van der Waals surface area contributed by atoms with E-state index in [9.17, 15) is 32.8 Å². The highest BCUT2D eigenvalue weighted by molar-refractivity contribution is 6.31. The van der Waals surface area contributed by atoms with E-state index in [2.05, 4.69) is 21.7 Å². The van der Waals surface area contributed by atoms with Crippen molar-refractivity contribution in [1.82, 2.24) is 15.2 Å². The van der Waals surface area contributed by atoms with Crippen molar-refractivity contribution in [2.75, 3.05) is 11.9 Å². The molecule has 3 heterocycles. The Kier molecular flexibility index (Phi) is 6.66. The van der Waals surface area contributed by atoms with Gasteiger partial charge in [0.25, 0.3) is 5.91 Å². The molecule has 8 nitrogen and oxygen atoms in total. The summed E-state index contributed by atoms with van der Waals surface area (Å²) in [6.45, 7) is -0.177. The first kappa shape index (κ1) is 27.4. The second-order valence-corrected chi connectivity index (χ2v) is 10.8. The zero-order valence-corrected chi connectivity index (χ0v) is 22.4. The summed E-state index contributed by atoms with van der Waals surface area (Å²) in [5.41, 5.74) is -0.174. The maximum absolute atomic E-state index is 14.7. The Labute approximate surface area is 242 Å². The van der Waals surface area contributed by atoms with Gasteiger partial charge in [-0.2, -0.15) is 5.26 Å². The van der Waals surface area contributed by atoms with E-state index in [0.29, 0.717) is 22.3 Å². The molecule has 1 saturated heterocycles. The number of H-pyrrole nitrogens is 1. The molecule has 6 rings (SSSR count). The number of aromatic amines is 1. The summed E-state index contributed by atoms with van der Waals surface area (Å²) in [6, 6.07) is 13.1. The third-order valence-corrected chi connectivity index (χ3v) is 8.09. The van der Waals surface area contributed by atoms with Crippen molar-refractivity contribution < 1.29 is 27.6 Å². The molecule has 212 valence electrons. The van der Waals surface area contributed by atoms with Gasteiger partial charge in [0.15, 0.2) is 0 Å². The number of nitriles is 1. The van der Waals surface area contributed by atoms with Gasteiger partial charge in [-0.15, -0.1) is 0 Å². The quantitative estimate of drug-likeness (QED) is 0.314. The van der Waals surface area contributed by atoms with Crippen LogP contribution in [0.4, 0.5) is 18.9 Å². The topological polar surface area (TPSA) is 118 Å². The van der Waals surface area contributed by atoms with Gasteiger partial charge < -0.3 is 20.5 Å². The molecule has 0 saturated carbocycles. The van der Waals surface area contributed by atoms with Crippen LogP contribution in [0.25, 0.3) is 10.9 Å². The van der Waals surface area contributed by atoms with Gasteiger partial charge in [-0.3, -0.25) is 14.4 Å². The first-order valence-electron chi connectivity index (χ1n) is 12.9. The van der Waals surface area contributed by atoms with Crippen molar-refractivity contribution in [2.24, 2.45) is 0 Å². The van der Waals surface area contributed by atoms with Crippen LogP contribution in [0.1, 0.15) is 28.0 Å². The highest BCUT2D eigenvalue weighted by Gasteiger charge is 2.56. The van der Waals surface area contributed by atoms with Gasteiger partial charge in [-0.1, -0.05) is 29.8 Å². The summed E-state index contributed by atoms with van der Waals surface area (Å²) in [5.74, 6) is -4.27. The first-order chi connectivity index (χ1) is 20.1. The lowest BCUT2D eigenvalue weighted by molar-refractivity contribution is -0.133.